The SMILES string of the molecule is COC(=O)C1=C(C(=O)OC)C2(OC1=NC1CCCCC1)c1ccccc1C(=O)c1ccccc12. The molecule has 0 bridgehead atoms. The molecule has 0 N–H and O–H groups in total. The number of esters is 2. The van der Waals surface area contributed by atoms with Crippen LogP contribution < -0.4 is 0 Å². The molecule has 2 aromatic carbocycles. The minimum atomic E-state index is -1.56. The fraction of sp³-hybridized carbons (Fsp3) is 0.333. The number of rotatable bonds is 3. The fourth-order valence-electron chi connectivity index (χ4n) is 5.28. The van der Waals surface area contributed by atoms with Gasteiger partial charge >= 0.3 is 11.9 Å². The summed E-state index contributed by atoms with van der Waals surface area (Å²) in [5.74, 6) is -1.60. The lowest BCUT2D eigenvalue weighted by molar-refractivity contribution is -0.139. The molecule has 1 spiro atoms. The molecule has 0 atom stereocenters. The molecule has 2 aromatic rings. The monoisotopic (exact) mass is 459 g/mol. The van der Waals surface area contributed by atoms with Gasteiger partial charge in [-0.1, -0.05) is 67.8 Å². The third-order valence-corrected chi connectivity index (χ3v) is 6.82. The molecule has 174 valence electrons. The van der Waals surface area contributed by atoms with Gasteiger partial charge in [0.15, 0.2) is 11.4 Å². The molecule has 3 aliphatic rings. The summed E-state index contributed by atoms with van der Waals surface area (Å²) in [6.07, 6.45) is 4.95. The van der Waals surface area contributed by atoms with Crippen LogP contribution in [0.2, 0.25) is 0 Å². The largest absolute Gasteiger partial charge is 0.466 e. The molecular formula is C27H25NO6. The average Bonchev–Trinajstić information content (AvgIpc) is 3.22. The standard InChI is InChI=1S/C27H25NO6/c1-32-25(30)21-22(26(31)33-2)27(34-24(21)28-16-10-4-3-5-11-16)19-14-8-6-12-17(19)23(29)18-13-7-9-15-20(18)27/h6-9,12-16H,3-5,10-11H2,1-2H3. The van der Waals surface area contributed by atoms with Gasteiger partial charge in [0.2, 0.25) is 5.90 Å². The van der Waals surface area contributed by atoms with Gasteiger partial charge in [0.25, 0.3) is 0 Å². The van der Waals surface area contributed by atoms with Gasteiger partial charge in [-0.3, -0.25) is 4.79 Å². The van der Waals surface area contributed by atoms with E-state index in [4.69, 9.17) is 19.2 Å². The van der Waals surface area contributed by atoms with Crippen molar-refractivity contribution in [1.82, 2.24) is 0 Å². The van der Waals surface area contributed by atoms with Crippen LogP contribution in [0.5, 0.6) is 0 Å². The lowest BCUT2D eigenvalue weighted by Gasteiger charge is -2.37. The Morgan fingerprint density at radius 1 is 0.882 bits per heavy atom. The van der Waals surface area contributed by atoms with E-state index in [1.807, 2.05) is 0 Å². The van der Waals surface area contributed by atoms with Crippen LogP contribution in [0.3, 0.4) is 0 Å². The average molecular weight is 459 g/mol. The second-order valence-electron chi connectivity index (χ2n) is 8.66. The summed E-state index contributed by atoms with van der Waals surface area (Å²) in [7, 11) is 2.50. The Labute approximate surface area is 197 Å². The van der Waals surface area contributed by atoms with E-state index < -0.39 is 17.5 Å². The van der Waals surface area contributed by atoms with Crippen LogP contribution in [0.4, 0.5) is 0 Å². The highest BCUT2D eigenvalue weighted by atomic mass is 16.6. The zero-order valence-electron chi connectivity index (χ0n) is 19.1. The molecule has 7 heteroatoms. The molecule has 0 aromatic heterocycles. The number of benzene rings is 2. The Bertz CT molecular complexity index is 1200. The molecule has 1 aliphatic heterocycles. The number of fused-ring (bicyclic) bond motifs is 4. The van der Waals surface area contributed by atoms with Crippen LogP contribution in [0.1, 0.15) is 59.2 Å². The third-order valence-electron chi connectivity index (χ3n) is 6.82. The number of hydrogen-bond acceptors (Lipinski definition) is 7. The number of ketones is 1. The van der Waals surface area contributed by atoms with Crippen molar-refractivity contribution < 1.29 is 28.6 Å². The number of carbonyl (C=O) groups excluding carboxylic acids is 3. The molecule has 5 rings (SSSR count). The van der Waals surface area contributed by atoms with Crippen molar-refractivity contribution in [2.45, 2.75) is 43.7 Å². The second-order valence-corrected chi connectivity index (χ2v) is 8.66. The molecule has 2 aliphatic carbocycles. The number of aliphatic imine (C=N–C) groups is 1. The van der Waals surface area contributed by atoms with E-state index >= 15 is 0 Å². The minimum absolute atomic E-state index is 0.0243. The summed E-state index contributed by atoms with van der Waals surface area (Å²) in [4.78, 5) is 44.6. The van der Waals surface area contributed by atoms with Crippen LogP contribution in [-0.2, 0) is 29.4 Å². The Hall–Kier alpha value is -3.74. The summed E-state index contributed by atoms with van der Waals surface area (Å²) in [5.41, 5.74) is 0.0773. The van der Waals surface area contributed by atoms with Gasteiger partial charge in [-0.15, -0.1) is 0 Å². The minimum Gasteiger partial charge on any atom is -0.466 e. The van der Waals surface area contributed by atoms with Gasteiger partial charge in [-0.05, 0) is 12.8 Å². The first-order valence-corrected chi connectivity index (χ1v) is 11.4. The molecule has 1 saturated carbocycles. The first-order chi connectivity index (χ1) is 16.5. The maximum absolute atomic E-state index is 13.4. The molecule has 0 unspecified atom stereocenters. The van der Waals surface area contributed by atoms with E-state index in [-0.39, 0.29) is 28.9 Å². The molecule has 1 fully saturated rings. The van der Waals surface area contributed by atoms with Crippen molar-refractivity contribution in [3.8, 4) is 0 Å². The molecule has 0 saturated heterocycles. The van der Waals surface area contributed by atoms with E-state index in [1.54, 1.807) is 48.5 Å². The van der Waals surface area contributed by atoms with Crippen molar-refractivity contribution in [2.75, 3.05) is 14.2 Å². The highest BCUT2D eigenvalue weighted by Gasteiger charge is 2.59. The molecule has 0 radical (unpaired) electrons. The lowest BCUT2D eigenvalue weighted by atomic mass is 9.70. The smallest absolute Gasteiger partial charge is 0.344 e. The topological polar surface area (TPSA) is 91.3 Å². The van der Waals surface area contributed by atoms with E-state index in [0.717, 1.165) is 32.1 Å². The predicted octanol–water partition coefficient (Wildman–Crippen LogP) is 3.88. The summed E-state index contributed by atoms with van der Waals surface area (Å²) in [6.45, 7) is 0. The van der Waals surface area contributed by atoms with E-state index in [1.165, 1.54) is 14.2 Å². The van der Waals surface area contributed by atoms with Crippen molar-refractivity contribution in [1.29, 1.82) is 0 Å². The maximum atomic E-state index is 13.4. The molecule has 1 heterocycles. The van der Waals surface area contributed by atoms with Gasteiger partial charge in [0, 0.05) is 22.3 Å². The van der Waals surface area contributed by atoms with E-state index in [2.05, 4.69) is 0 Å². The van der Waals surface area contributed by atoms with Crippen molar-refractivity contribution >= 4 is 23.6 Å². The lowest BCUT2D eigenvalue weighted by Crippen LogP contribution is -2.40. The Morgan fingerprint density at radius 2 is 1.44 bits per heavy atom. The molecule has 7 nitrogen and oxygen atoms in total. The second kappa shape index (κ2) is 8.56. The van der Waals surface area contributed by atoms with Crippen molar-refractivity contribution in [3.63, 3.8) is 0 Å². The van der Waals surface area contributed by atoms with Crippen LogP contribution >= 0.6 is 0 Å². The summed E-state index contributed by atoms with van der Waals surface area (Å²) in [6, 6.07) is 13.9. The third kappa shape index (κ3) is 3.18. The van der Waals surface area contributed by atoms with Gasteiger partial charge in [-0.25, -0.2) is 14.6 Å². The Balaban J connectivity index is 1.85. The Kier molecular flexibility index (Phi) is 5.55. The van der Waals surface area contributed by atoms with Crippen LogP contribution in [-0.4, -0.2) is 43.9 Å². The van der Waals surface area contributed by atoms with Crippen LogP contribution in [0, 0.1) is 0 Å². The van der Waals surface area contributed by atoms with E-state index in [0.29, 0.717) is 22.3 Å². The van der Waals surface area contributed by atoms with Crippen LogP contribution in [0.25, 0.3) is 0 Å². The first-order valence-electron chi connectivity index (χ1n) is 11.4. The van der Waals surface area contributed by atoms with Gasteiger partial charge in [0.1, 0.15) is 11.1 Å². The van der Waals surface area contributed by atoms with Crippen LogP contribution in [0.15, 0.2) is 64.7 Å². The Morgan fingerprint density at radius 3 is 2.00 bits per heavy atom. The number of ether oxygens (including phenoxy) is 3. The number of hydrogen-bond donors (Lipinski definition) is 0. The maximum Gasteiger partial charge on any atom is 0.344 e. The molecule has 0 amide bonds. The highest BCUT2D eigenvalue weighted by Crippen LogP contribution is 2.52. The summed E-state index contributed by atoms with van der Waals surface area (Å²) in [5, 5.41) is 0. The summed E-state index contributed by atoms with van der Waals surface area (Å²) >= 11 is 0. The van der Waals surface area contributed by atoms with Crippen molar-refractivity contribution in [3.05, 3.63) is 81.9 Å². The number of nitrogens with zero attached hydrogens (tertiary/aromatic N) is 1. The zero-order chi connectivity index (χ0) is 23.9. The molecular weight excluding hydrogens is 434 g/mol. The van der Waals surface area contributed by atoms with Crippen molar-refractivity contribution in [2.24, 2.45) is 4.99 Å². The highest BCUT2D eigenvalue weighted by molar-refractivity contribution is 6.25. The predicted molar refractivity (Wildman–Crippen MR) is 124 cm³/mol. The number of carbonyl (C=O) groups is 3. The van der Waals surface area contributed by atoms with E-state index in [9.17, 15) is 14.4 Å². The first kappa shape index (κ1) is 22.1. The summed E-state index contributed by atoms with van der Waals surface area (Å²) < 4.78 is 16.8. The number of methoxy groups -OCH3 is 2. The fourth-order valence-corrected chi connectivity index (χ4v) is 5.28. The quantitative estimate of drug-likeness (QED) is 0.647. The van der Waals surface area contributed by atoms with Gasteiger partial charge in [-0.2, -0.15) is 0 Å². The van der Waals surface area contributed by atoms with Gasteiger partial charge < -0.3 is 14.2 Å². The zero-order valence-corrected chi connectivity index (χ0v) is 19.1. The normalized spacial score (nSPS) is 20.1. The molecule has 34 heavy (non-hydrogen) atoms. The van der Waals surface area contributed by atoms with Gasteiger partial charge in [0.05, 0.1) is 20.3 Å².